The summed E-state index contributed by atoms with van der Waals surface area (Å²) < 4.78 is 66.7. The Balaban J connectivity index is 1.56. The van der Waals surface area contributed by atoms with E-state index < -0.39 is 56.3 Å². The molecule has 2 aromatic heterocycles. The predicted octanol–water partition coefficient (Wildman–Crippen LogP) is 2.88. The summed E-state index contributed by atoms with van der Waals surface area (Å²) in [7, 11) is -4.30. The summed E-state index contributed by atoms with van der Waals surface area (Å²) in [6.07, 6.45) is -2.68. The predicted molar refractivity (Wildman–Crippen MR) is 131 cm³/mol. The lowest BCUT2D eigenvalue weighted by Gasteiger charge is -2.25. The van der Waals surface area contributed by atoms with Gasteiger partial charge in [-0.1, -0.05) is 18.2 Å². The van der Waals surface area contributed by atoms with Crippen molar-refractivity contribution in [1.29, 1.82) is 0 Å². The van der Waals surface area contributed by atoms with Crippen LogP contribution in [0.2, 0.25) is 0 Å². The van der Waals surface area contributed by atoms with E-state index in [1.165, 1.54) is 19.1 Å². The van der Waals surface area contributed by atoms with Gasteiger partial charge in [-0.25, -0.2) is 23.3 Å². The minimum Gasteiger partial charge on any atom is -0.465 e. The Morgan fingerprint density at radius 3 is 2.76 bits per heavy atom. The normalized spacial score (nSPS) is 25.7. The number of aliphatic hydroxyl groups excluding tert-OH is 1. The average molecular weight is 555 g/mol. The van der Waals surface area contributed by atoms with Crippen molar-refractivity contribution >= 4 is 30.6 Å². The van der Waals surface area contributed by atoms with Crippen molar-refractivity contribution in [1.82, 2.24) is 19.6 Å². The molecule has 0 aliphatic carbocycles. The van der Waals surface area contributed by atoms with Crippen LogP contribution >= 0.6 is 7.75 Å². The first-order chi connectivity index (χ1) is 18.0. The molecule has 0 saturated carbocycles. The molecule has 206 valence electrons. The lowest BCUT2D eigenvalue weighted by Crippen LogP contribution is -2.41. The number of halogens is 2. The maximum atomic E-state index is 15.8. The molecule has 1 saturated heterocycles. The minimum absolute atomic E-state index is 0.0411. The quantitative estimate of drug-likeness (QED) is 0.249. The number of para-hydroxylation sites is 1. The van der Waals surface area contributed by atoms with Gasteiger partial charge in [0.1, 0.15) is 36.1 Å². The van der Waals surface area contributed by atoms with Crippen molar-refractivity contribution in [2.45, 2.75) is 50.9 Å². The Bertz CT molecular complexity index is 1340. The van der Waals surface area contributed by atoms with Crippen LogP contribution in [0.25, 0.3) is 11.0 Å². The third-order valence-corrected chi connectivity index (χ3v) is 7.58. The summed E-state index contributed by atoms with van der Waals surface area (Å²) in [6.45, 7) is 3.56. The van der Waals surface area contributed by atoms with E-state index in [2.05, 4.69) is 15.1 Å². The Morgan fingerprint density at radius 2 is 2.08 bits per heavy atom. The Morgan fingerprint density at radius 1 is 1.37 bits per heavy atom. The number of carbonyl (C=O) groups is 1. The second kappa shape index (κ2) is 10.9. The van der Waals surface area contributed by atoms with E-state index in [1.807, 2.05) is 0 Å². The van der Waals surface area contributed by atoms with Crippen LogP contribution in [-0.4, -0.2) is 62.7 Å². The van der Waals surface area contributed by atoms with Crippen LogP contribution in [0.4, 0.5) is 14.6 Å². The van der Waals surface area contributed by atoms with Crippen LogP contribution in [0.15, 0.2) is 42.9 Å². The van der Waals surface area contributed by atoms with Crippen LogP contribution in [0.5, 0.6) is 5.75 Å². The number of alkyl halides is 1. The highest BCUT2D eigenvalue weighted by Crippen LogP contribution is 2.48. The van der Waals surface area contributed by atoms with Gasteiger partial charge in [0.15, 0.2) is 23.4 Å². The number of rotatable bonds is 10. The summed E-state index contributed by atoms with van der Waals surface area (Å²) in [4.78, 5) is 19.8. The van der Waals surface area contributed by atoms with Gasteiger partial charge in [-0.2, -0.15) is 5.09 Å². The van der Waals surface area contributed by atoms with Crippen molar-refractivity contribution in [2.75, 3.05) is 18.9 Å². The van der Waals surface area contributed by atoms with Gasteiger partial charge >= 0.3 is 13.7 Å². The lowest BCUT2D eigenvalue weighted by molar-refractivity contribution is -0.144. The SMILES string of the molecule is CCOC(=O)[C@H](C)NP(=O)(OC[C@H]1O[C@@H](n2cc(F)c3c(N)ncnc32)[C@](C)(F)[C@@H]1O)Oc1ccccc1. The van der Waals surface area contributed by atoms with E-state index in [-0.39, 0.29) is 29.2 Å². The van der Waals surface area contributed by atoms with Gasteiger partial charge in [0.2, 0.25) is 0 Å². The third-order valence-electron chi connectivity index (χ3n) is 5.93. The Kier molecular flexibility index (Phi) is 8.00. The average Bonchev–Trinajstić information content (AvgIpc) is 3.32. The molecule has 1 unspecified atom stereocenters. The van der Waals surface area contributed by atoms with E-state index in [1.54, 1.807) is 25.1 Å². The topological polar surface area (TPSA) is 160 Å². The van der Waals surface area contributed by atoms with Crippen molar-refractivity contribution < 1.29 is 41.8 Å². The number of nitrogens with one attached hydrogen (secondary N) is 1. The summed E-state index contributed by atoms with van der Waals surface area (Å²) in [5.41, 5.74) is 3.24. The second-order valence-electron chi connectivity index (χ2n) is 8.77. The summed E-state index contributed by atoms with van der Waals surface area (Å²) in [5, 5.41) is 13.1. The molecule has 38 heavy (non-hydrogen) atoms. The fourth-order valence-corrected chi connectivity index (χ4v) is 5.53. The molecular weight excluding hydrogens is 527 g/mol. The summed E-state index contributed by atoms with van der Waals surface area (Å²) >= 11 is 0. The van der Waals surface area contributed by atoms with Crippen molar-refractivity contribution in [2.24, 2.45) is 0 Å². The molecule has 1 fully saturated rings. The van der Waals surface area contributed by atoms with Gasteiger partial charge < -0.3 is 24.8 Å². The Hall–Kier alpha value is -3.16. The highest BCUT2D eigenvalue weighted by atomic mass is 31.2. The fraction of sp³-hybridized carbons (Fsp3) is 0.435. The zero-order valence-electron chi connectivity index (χ0n) is 20.8. The lowest BCUT2D eigenvalue weighted by atomic mass is 9.98. The van der Waals surface area contributed by atoms with E-state index in [0.717, 1.165) is 24.0 Å². The first-order valence-electron chi connectivity index (χ1n) is 11.7. The molecule has 0 spiro atoms. The minimum atomic E-state index is -4.30. The molecule has 3 aromatic rings. The molecule has 15 heteroatoms. The number of hydrogen-bond donors (Lipinski definition) is 3. The van der Waals surface area contributed by atoms with Crippen LogP contribution < -0.4 is 15.3 Å². The number of anilines is 1. The van der Waals surface area contributed by atoms with Crippen LogP contribution in [0, 0.1) is 5.82 Å². The number of benzene rings is 1. The molecule has 0 radical (unpaired) electrons. The monoisotopic (exact) mass is 555 g/mol. The molecule has 4 rings (SSSR count). The molecule has 3 heterocycles. The van der Waals surface area contributed by atoms with Gasteiger partial charge in [0.25, 0.3) is 0 Å². The molecular formula is C23H28F2N5O7P. The number of nitrogens with zero attached hydrogens (tertiary/aromatic N) is 3. The number of aliphatic hydroxyl groups is 1. The zero-order valence-corrected chi connectivity index (χ0v) is 21.7. The number of hydrogen-bond acceptors (Lipinski definition) is 10. The maximum absolute atomic E-state index is 15.8. The first kappa shape index (κ1) is 27.9. The number of esters is 1. The maximum Gasteiger partial charge on any atom is 0.459 e. The molecule has 1 aliphatic heterocycles. The number of carbonyl (C=O) groups excluding carboxylic acids is 1. The zero-order chi connectivity index (χ0) is 27.7. The second-order valence-corrected chi connectivity index (χ2v) is 10.5. The van der Waals surface area contributed by atoms with Crippen molar-refractivity contribution in [3.63, 3.8) is 0 Å². The first-order valence-corrected chi connectivity index (χ1v) is 13.2. The van der Waals surface area contributed by atoms with Gasteiger partial charge in [-0.05, 0) is 32.9 Å². The molecule has 4 N–H and O–H groups in total. The summed E-state index contributed by atoms with van der Waals surface area (Å²) in [5.74, 6) is -1.49. The van der Waals surface area contributed by atoms with Crippen LogP contribution in [0.3, 0.4) is 0 Å². The standard InChI is InChI=1S/C23H28F2N5O7P/c1-4-34-21(32)13(2)29-38(33,37-14-8-6-5-7-9-14)35-11-16-18(31)23(3,25)22(36-16)30-10-15(24)17-19(26)27-12-28-20(17)30/h5-10,12-13,16,18,22,31H,4,11H2,1-3H3,(H,29,33)(H2,26,27,28)/t13-,16+,18+,22+,23+,38?/m0/s1. The number of nitrogens with two attached hydrogens (primary N) is 1. The van der Waals surface area contributed by atoms with E-state index in [9.17, 15) is 18.9 Å². The van der Waals surface area contributed by atoms with Gasteiger partial charge in [0, 0.05) is 6.20 Å². The molecule has 0 amide bonds. The van der Waals surface area contributed by atoms with Crippen LogP contribution in [-0.2, 0) is 23.4 Å². The fourth-order valence-electron chi connectivity index (χ4n) is 4.03. The third kappa shape index (κ3) is 5.49. The van der Waals surface area contributed by atoms with Gasteiger partial charge in [0.05, 0.1) is 18.6 Å². The number of aromatic nitrogens is 3. The van der Waals surface area contributed by atoms with Crippen molar-refractivity contribution in [3.8, 4) is 5.75 Å². The molecule has 1 aromatic carbocycles. The van der Waals surface area contributed by atoms with E-state index in [4.69, 9.17) is 24.3 Å². The van der Waals surface area contributed by atoms with E-state index >= 15 is 4.39 Å². The van der Waals surface area contributed by atoms with Crippen LogP contribution in [0.1, 0.15) is 27.0 Å². The van der Waals surface area contributed by atoms with Gasteiger partial charge in [-0.15, -0.1) is 0 Å². The largest absolute Gasteiger partial charge is 0.465 e. The smallest absolute Gasteiger partial charge is 0.459 e. The highest BCUT2D eigenvalue weighted by Gasteiger charge is 2.56. The number of fused-ring (bicyclic) bond motifs is 1. The molecule has 0 bridgehead atoms. The van der Waals surface area contributed by atoms with E-state index in [0.29, 0.717) is 0 Å². The number of ether oxygens (including phenoxy) is 2. The Labute approximate surface area is 216 Å². The summed E-state index contributed by atoms with van der Waals surface area (Å²) in [6, 6.07) is 6.91. The van der Waals surface area contributed by atoms with Crippen molar-refractivity contribution in [3.05, 3.63) is 48.7 Å². The molecule has 12 nitrogen and oxygen atoms in total. The van der Waals surface area contributed by atoms with Gasteiger partial charge in [-0.3, -0.25) is 13.9 Å². The number of nitrogen functional groups attached to an aromatic ring is 1. The highest BCUT2D eigenvalue weighted by molar-refractivity contribution is 7.52. The molecule has 6 atom stereocenters. The molecule has 1 aliphatic rings.